The molecule has 3 aliphatic rings. The van der Waals surface area contributed by atoms with Crippen molar-refractivity contribution >= 4 is 21.5 Å². The van der Waals surface area contributed by atoms with Crippen LogP contribution in [0.1, 0.15) is 45.9 Å². The maximum absolute atomic E-state index is 7.05. The van der Waals surface area contributed by atoms with Gasteiger partial charge >= 0.3 is 0 Å². The first-order chi connectivity index (χ1) is 26.7. The number of fused-ring (bicyclic) bond motifs is 16. The fraction of sp³-hybridized carbons (Fsp3) is 0.0566. The summed E-state index contributed by atoms with van der Waals surface area (Å²) in [6.07, 6.45) is 0. The van der Waals surface area contributed by atoms with Gasteiger partial charge in [0.25, 0.3) is 0 Å². The van der Waals surface area contributed by atoms with Crippen molar-refractivity contribution in [1.82, 2.24) is 0 Å². The Morgan fingerprint density at radius 3 is 1.70 bits per heavy atom. The Balaban J connectivity index is 1.12. The second kappa shape index (κ2) is 10.7. The SMILES string of the molecule is CC1(c2ccccc2)c2cc(-c3ccc4c(c3)C3(c5ccccc5-c5ccccc53)c3ccc5ccccc5c3O4)ccc2-c2c1ccc1ccccc21. The zero-order valence-corrected chi connectivity index (χ0v) is 29.8. The van der Waals surface area contributed by atoms with Crippen molar-refractivity contribution in [2.75, 3.05) is 0 Å². The first-order valence-corrected chi connectivity index (χ1v) is 18.9. The van der Waals surface area contributed by atoms with Crippen molar-refractivity contribution in [3.63, 3.8) is 0 Å². The summed E-state index contributed by atoms with van der Waals surface area (Å²) in [6, 6.07) is 69.7. The molecular weight excluding hydrogens is 653 g/mol. The number of benzene rings is 9. The second-order valence-electron chi connectivity index (χ2n) is 15.3. The molecule has 1 spiro atoms. The first kappa shape index (κ1) is 29.8. The van der Waals surface area contributed by atoms with Crippen LogP contribution in [0.15, 0.2) is 188 Å². The average molecular weight is 687 g/mol. The monoisotopic (exact) mass is 686 g/mol. The van der Waals surface area contributed by atoms with Crippen molar-refractivity contribution in [3.05, 3.63) is 227 Å². The fourth-order valence-electron chi connectivity index (χ4n) is 10.4. The highest BCUT2D eigenvalue weighted by Crippen LogP contribution is 2.63. The van der Waals surface area contributed by atoms with Gasteiger partial charge in [0.15, 0.2) is 0 Å². The molecule has 54 heavy (non-hydrogen) atoms. The van der Waals surface area contributed by atoms with E-state index in [1.54, 1.807) is 0 Å². The summed E-state index contributed by atoms with van der Waals surface area (Å²) < 4.78 is 7.05. The van der Waals surface area contributed by atoms with Gasteiger partial charge in [0, 0.05) is 21.9 Å². The molecule has 252 valence electrons. The smallest absolute Gasteiger partial charge is 0.140 e. The van der Waals surface area contributed by atoms with Crippen molar-refractivity contribution in [2.24, 2.45) is 0 Å². The molecule has 0 fully saturated rings. The van der Waals surface area contributed by atoms with E-state index in [9.17, 15) is 0 Å². The summed E-state index contributed by atoms with van der Waals surface area (Å²) in [6.45, 7) is 2.41. The molecule has 12 rings (SSSR count). The van der Waals surface area contributed by atoms with Crippen LogP contribution in [0.4, 0.5) is 0 Å². The van der Waals surface area contributed by atoms with Gasteiger partial charge in [-0.15, -0.1) is 0 Å². The molecule has 0 N–H and O–H groups in total. The highest BCUT2D eigenvalue weighted by atomic mass is 16.5. The molecule has 0 aromatic heterocycles. The number of rotatable bonds is 2. The summed E-state index contributed by atoms with van der Waals surface area (Å²) in [5.74, 6) is 1.85. The Kier molecular flexibility index (Phi) is 5.90. The number of hydrogen-bond acceptors (Lipinski definition) is 1. The van der Waals surface area contributed by atoms with Crippen LogP contribution in [0.3, 0.4) is 0 Å². The van der Waals surface area contributed by atoms with Crippen LogP contribution in [-0.4, -0.2) is 0 Å². The van der Waals surface area contributed by atoms with Crippen LogP contribution in [0.2, 0.25) is 0 Å². The Bertz CT molecular complexity index is 3000. The maximum atomic E-state index is 7.05. The van der Waals surface area contributed by atoms with Gasteiger partial charge in [-0.25, -0.2) is 0 Å². The number of ether oxygens (including phenoxy) is 1. The average Bonchev–Trinajstić information content (AvgIpc) is 3.68. The summed E-state index contributed by atoms with van der Waals surface area (Å²) >= 11 is 0. The molecule has 1 atom stereocenters. The lowest BCUT2D eigenvalue weighted by Crippen LogP contribution is -2.32. The van der Waals surface area contributed by atoms with Crippen LogP contribution in [0.25, 0.3) is 54.9 Å². The minimum Gasteiger partial charge on any atom is -0.456 e. The van der Waals surface area contributed by atoms with Gasteiger partial charge in [0.2, 0.25) is 0 Å². The van der Waals surface area contributed by atoms with Gasteiger partial charge < -0.3 is 4.74 Å². The summed E-state index contributed by atoms with van der Waals surface area (Å²) in [4.78, 5) is 0. The molecule has 0 saturated carbocycles. The quantitative estimate of drug-likeness (QED) is 0.176. The third kappa shape index (κ3) is 3.69. The molecule has 0 radical (unpaired) electrons. The summed E-state index contributed by atoms with van der Waals surface area (Å²) in [7, 11) is 0. The lowest BCUT2D eigenvalue weighted by Gasteiger charge is -2.40. The van der Waals surface area contributed by atoms with Crippen molar-refractivity contribution < 1.29 is 4.74 Å². The third-order valence-electron chi connectivity index (χ3n) is 12.8. The van der Waals surface area contributed by atoms with Crippen LogP contribution in [0, 0.1) is 0 Å². The van der Waals surface area contributed by atoms with Gasteiger partial charge in [-0.1, -0.05) is 170 Å². The molecule has 1 nitrogen and oxygen atoms in total. The minimum atomic E-state index is -0.541. The van der Waals surface area contributed by atoms with Gasteiger partial charge in [-0.05, 0) is 102 Å². The largest absolute Gasteiger partial charge is 0.456 e. The van der Waals surface area contributed by atoms with Gasteiger partial charge in [-0.2, -0.15) is 0 Å². The van der Waals surface area contributed by atoms with E-state index >= 15 is 0 Å². The molecule has 9 aromatic rings. The van der Waals surface area contributed by atoms with E-state index in [4.69, 9.17) is 4.74 Å². The Labute approximate surface area is 314 Å². The highest BCUT2D eigenvalue weighted by Gasteiger charge is 2.51. The van der Waals surface area contributed by atoms with Crippen molar-refractivity contribution in [1.29, 1.82) is 0 Å². The second-order valence-corrected chi connectivity index (χ2v) is 15.3. The van der Waals surface area contributed by atoms with Crippen LogP contribution < -0.4 is 4.74 Å². The van der Waals surface area contributed by atoms with E-state index in [-0.39, 0.29) is 5.41 Å². The highest BCUT2D eigenvalue weighted by molar-refractivity contribution is 6.04. The predicted molar refractivity (Wildman–Crippen MR) is 222 cm³/mol. The Morgan fingerprint density at radius 1 is 0.389 bits per heavy atom. The molecule has 0 amide bonds. The van der Waals surface area contributed by atoms with Crippen LogP contribution in [0.5, 0.6) is 11.5 Å². The minimum absolute atomic E-state index is 0.312. The zero-order chi connectivity index (χ0) is 35.6. The van der Waals surface area contributed by atoms with Crippen molar-refractivity contribution in [2.45, 2.75) is 17.8 Å². The van der Waals surface area contributed by atoms with E-state index in [1.165, 1.54) is 88.5 Å². The molecule has 0 bridgehead atoms. The first-order valence-electron chi connectivity index (χ1n) is 18.9. The van der Waals surface area contributed by atoms with Crippen molar-refractivity contribution in [3.8, 4) is 44.9 Å². The lowest BCUT2D eigenvalue weighted by molar-refractivity contribution is 0.442. The fourth-order valence-corrected chi connectivity index (χ4v) is 10.4. The van der Waals surface area contributed by atoms with E-state index in [2.05, 4.69) is 195 Å². The lowest BCUT2D eigenvalue weighted by atomic mass is 9.65. The Hall–Kier alpha value is -6.70. The topological polar surface area (TPSA) is 9.23 Å². The zero-order valence-electron chi connectivity index (χ0n) is 29.8. The molecule has 1 heteroatoms. The van der Waals surface area contributed by atoms with Crippen LogP contribution in [-0.2, 0) is 10.8 Å². The predicted octanol–water partition coefficient (Wildman–Crippen LogP) is 13.5. The van der Waals surface area contributed by atoms with E-state index in [1.807, 2.05) is 0 Å². The van der Waals surface area contributed by atoms with Crippen LogP contribution >= 0.6 is 0 Å². The molecule has 1 heterocycles. The number of hydrogen-bond donors (Lipinski definition) is 0. The normalized spacial score (nSPS) is 16.6. The van der Waals surface area contributed by atoms with E-state index in [0.29, 0.717) is 0 Å². The summed E-state index contributed by atoms with van der Waals surface area (Å²) in [5.41, 5.74) is 15.7. The maximum Gasteiger partial charge on any atom is 0.140 e. The third-order valence-corrected chi connectivity index (χ3v) is 12.8. The van der Waals surface area contributed by atoms with E-state index < -0.39 is 5.41 Å². The molecule has 0 saturated heterocycles. The van der Waals surface area contributed by atoms with Gasteiger partial charge in [0.1, 0.15) is 11.5 Å². The Morgan fingerprint density at radius 2 is 0.963 bits per heavy atom. The molecule has 2 aliphatic carbocycles. The molecule has 1 aliphatic heterocycles. The van der Waals surface area contributed by atoms with Gasteiger partial charge in [-0.3, -0.25) is 0 Å². The molecular formula is C53H34O. The van der Waals surface area contributed by atoms with Gasteiger partial charge in [0.05, 0.1) is 5.41 Å². The summed E-state index contributed by atoms with van der Waals surface area (Å²) in [5, 5.41) is 4.89. The van der Waals surface area contributed by atoms with E-state index in [0.717, 1.165) is 16.9 Å². The molecule has 9 aromatic carbocycles. The standard InChI is InChI=1S/C53H34O/c1-52(37-15-3-2-4-16-37)45-28-24-33-13-5-7-17-38(33)50(45)42-27-23-35(31-47(42)52)36-26-30-49-48(32-36)53(46-29-25-34-14-6-8-18-39(34)51(46)54-49)43-21-11-9-19-40(43)41-20-10-12-22-44(41)53/h2-32H,1H3. The molecule has 1 unspecified atom stereocenters.